The predicted octanol–water partition coefficient (Wildman–Crippen LogP) is 2.71. The number of hydrogen-bond donors (Lipinski definition) is 1. The van der Waals surface area contributed by atoms with Gasteiger partial charge in [0.1, 0.15) is 12.4 Å². The first-order chi connectivity index (χ1) is 7.83. The van der Waals surface area contributed by atoms with Crippen molar-refractivity contribution in [3.8, 4) is 5.75 Å². The molecule has 0 spiro atoms. The van der Waals surface area contributed by atoms with E-state index in [1.807, 2.05) is 30.4 Å². The van der Waals surface area contributed by atoms with Gasteiger partial charge in [-0.2, -0.15) is 0 Å². The van der Waals surface area contributed by atoms with E-state index < -0.39 is 0 Å². The molecule has 2 heteroatoms. The SMILES string of the molecule is C=CCNC/C=C/COc1cccc(C)c1. The molecule has 0 fully saturated rings. The summed E-state index contributed by atoms with van der Waals surface area (Å²) < 4.78 is 5.56. The summed E-state index contributed by atoms with van der Waals surface area (Å²) in [6.07, 6.45) is 5.91. The number of hydrogen-bond acceptors (Lipinski definition) is 2. The summed E-state index contributed by atoms with van der Waals surface area (Å²) in [5.74, 6) is 0.920. The second-order valence-corrected chi connectivity index (χ2v) is 3.55. The molecule has 0 aliphatic heterocycles. The van der Waals surface area contributed by atoms with Gasteiger partial charge in [-0.1, -0.05) is 30.4 Å². The highest BCUT2D eigenvalue weighted by molar-refractivity contribution is 5.27. The van der Waals surface area contributed by atoms with Crippen LogP contribution >= 0.6 is 0 Å². The van der Waals surface area contributed by atoms with E-state index >= 15 is 0 Å². The van der Waals surface area contributed by atoms with E-state index in [0.29, 0.717) is 6.61 Å². The molecular weight excluding hydrogens is 198 g/mol. The van der Waals surface area contributed by atoms with Crippen LogP contribution in [-0.2, 0) is 0 Å². The van der Waals surface area contributed by atoms with Crippen molar-refractivity contribution in [2.24, 2.45) is 0 Å². The Hall–Kier alpha value is -1.54. The number of nitrogens with one attached hydrogen (secondary N) is 1. The highest BCUT2D eigenvalue weighted by Gasteiger charge is 1.90. The van der Waals surface area contributed by atoms with Crippen LogP contribution in [0, 0.1) is 6.92 Å². The van der Waals surface area contributed by atoms with E-state index in [9.17, 15) is 0 Å². The predicted molar refractivity (Wildman–Crippen MR) is 68.9 cm³/mol. The third-order valence-electron chi connectivity index (χ3n) is 2.05. The fourth-order valence-electron chi connectivity index (χ4n) is 1.27. The summed E-state index contributed by atoms with van der Waals surface area (Å²) in [6.45, 7) is 7.99. The molecule has 0 bridgehead atoms. The van der Waals surface area contributed by atoms with Crippen LogP contribution in [0.1, 0.15) is 5.56 Å². The Labute approximate surface area is 97.6 Å². The lowest BCUT2D eigenvalue weighted by Crippen LogP contribution is -2.12. The van der Waals surface area contributed by atoms with E-state index in [2.05, 4.69) is 31.0 Å². The van der Waals surface area contributed by atoms with Crippen LogP contribution in [0.15, 0.2) is 49.1 Å². The van der Waals surface area contributed by atoms with Crippen LogP contribution in [0.2, 0.25) is 0 Å². The fraction of sp³-hybridized carbons (Fsp3) is 0.286. The molecule has 0 heterocycles. The quantitative estimate of drug-likeness (QED) is 0.560. The van der Waals surface area contributed by atoms with Crippen molar-refractivity contribution in [1.29, 1.82) is 0 Å². The minimum absolute atomic E-state index is 0.610. The first kappa shape index (κ1) is 12.5. The van der Waals surface area contributed by atoms with Gasteiger partial charge < -0.3 is 10.1 Å². The highest BCUT2D eigenvalue weighted by atomic mass is 16.5. The van der Waals surface area contributed by atoms with Crippen molar-refractivity contribution in [2.45, 2.75) is 6.92 Å². The van der Waals surface area contributed by atoms with E-state index in [1.54, 1.807) is 0 Å². The third-order valence-corrected chi connectivity index (χ3v) is 2.05. The lowest BCUT2D eigenvalue weighted by Gasteiger charge is -2.03. The van der Waals surface area contributed by atoms with Gasteiger partial charge in [-0.25, -0.2) is 0 Å². The van der Waals surface area contributed by atoms with Gasteiger partial charge in [-0.05, 0) is 24.6 Å². The van der Waals surface area contributed by atoms with Crippen LogP contribution in [0.3, 0.4) is 0 Å². The molecule has 0 aliphatic rings. The maximum absolute atomic E-state index is 5.56. The maximum atomic E-state index is 5.56. The Kier molecular flexibility index (Phi) is 6.04. The van der Waals surface area contributed by atoms with E-state index in [0.717, 1.165) is 18.8 Å². The highest BCUT2D eigenvalue weighted by Crippen LogP contribution is 2.11. The average Bonchev–Trinajstić information content (AvgIpc) is 2.28. The number of benzene rings is 1. The van der Waals surface area contributed by atoms with Crippen molar-refractivity contribution in [1.82, 2.24) is 5.32 Å². The molecule has 1 aromatic rings. The topological polar surface area (TPSA) is 21.3 Å². The summed E-state index contributed by atoms with van der Waals surface area (Å²) in [5.41, 5.74) is 1.22. The molecular formula is C14H19NO. The molecule has 0 aromatic heterocycles. The van der Waals surface area contributed by atoms with Gasteiger partial charge in [-0.3, -0.25) is 0 Å². The molecule has 1 aromatic carbocycles. The zero-order valence-corrected chi connectivity index (χ0v) is 9.78. The molecule has 0 amide bonds. The van der Waals surface area contributed by atoms with Crippen molar-refractivity contribution in [3.63, 3.8) is 0 Å². The number of ether oxygens (including phenoxy) is 1. The minimum Gasteiger partial charge on any atom is -0.490 e. The molecule has 1 N–H and O–H groups in total. The van der Waals surface area contributed by atoms with Crippen molar-refractivity contribution >= 4 is 0 Å². The zero-order chi connectivity index (χ0) is 11.6. The maximum Gasteiger partial charge on any atom is 0.120 e. The molecule has 0 atom stereocenters. The molecule has 86 valence electrons. The second kappa shape index (κ2) is 7.71. The Morgan fingerprint density at radius 1 is 1.31 bits per heavy atom. The van der Waals surface area contributed by atoms with Crippen LogP contribution in [-0.4, -0.2) is 19.7 Å². The first-order valence-electron chi connectivity index (χ1n) is 5.49. The van der Waals surface area contributed by atoms with Gasteiger partial charge in [0.2, 0.25) is 0 Å². The molecule has 0 saturated heterocycles. The standard InChI is InChI=1S/C14H19NO/c1-3-9-15-10-4-5-11-16-14-8-6-7-13(2)12-14/h3-8,12,15H,1,9-11H2,2H3/b5-4+. The van der Waals surface area contributed by atoms with Gasteiger partial charge in [0.25, 0.3) is 0 Å². The van der Waals surface area contributed by atoms with Crippen LogP contribution in [0.25, 0.3) is 0 Å². The van der Waals surface area contributed by atoms with E-state index in [-0.39, 0.29) is 0 Å². The van der Waals surface area contributed by atoms with Gasteiger partial charge >= 0.3 is 0 Å². The fourth-order valence-corrected chi connectivity index (χ4v) is 1.27. The second-order valence-electron chi connectivity index (χ2n) is 3.55. The Balaban J connectivity index is 2.17. The van der Waals surface area contributed by atoms with Gasteiger partial charge in [-0.15, -0.1) is 6.58 Å². The Bertz CT molecular complexity index is 344. The first-order valence-corrected chi connectivity index (χ1v) is 5.49. The van der Waals surface area contributed by atoms with Crippen LogP contribution < -0.4 is 10.1 Å². The molecule has 0 radical (unpaired) electrons. The Morgan fingerprint density at radius 3 is 2.94 bits per heavy atom. The normalized spacial score (nSPS) is 10.6. The lowest BCUT2D eigenvalue weighted by molar-refractivity contribution is 0.362. The number of aryl methyl sites for hydroxylation is 1. The summed E-state index contributed by atoms with van der Waals surface area (Å²) in [7, 11) is 0. The van der Waals surface area contributed by atoms with Gasteiger partial charge in [0.05, 0.1) is 0 Å². The smallest absolute Gasteiger partial charge is 0.120 e. The largest absolute Gasteiger partial charge is 0.490 e. The zero-order valence-electron chi connectivity index (χ0n) is 9.78. The molecule has 2 nitrogen and oxygen atoms in total. The van der Waals surface area contributed by atoms with Crippen LogP contribution in [0.5, 0.6) is 5.75 Å². The summed E-state index contributed by atoms with van der Waals surface area (Å²) in [4.78, 5) is 0. The van der Waals surface area contributed by atoms with Gasteiger partial charge in [0, 0.05) is 13.1 Å². The van der Waals surface area contributed by atoms with Crippen LogP contribution in [0.4, 0.5) is 0 Å². The minimum atomic E-state index is 0.610. The molecule has 0 aliphatic carbocycles. The average molecular weight is 217 g/mol. The summed E-state index contributed by atoms with van der Waals surface area (Å²) in [5, 5.41) is 3.18. The molecule has 16 heavy (non-hydrogen) atoms. The summed E-state index contributed by atoms with van der Waals surface area (Å²) >= 11 is 0. The van der Waals surface area contributed by atoms with Crippen molar-refractivity contribution in [3.05, 3.63) is 54.6 Å². The molecule has 0 unspecified atom stereocenters. The molecule has 1 rings (SSSR count). The van der Waals surface area contributed by atoms with Gasteiger partial charge in [0.15, 0.2) is 0 Å². The van der Waals surface area contributed by atoms with Crippen molar-refractivity contribution in [2.75, 3.05) is 19.7 Å². The lowest BCUT2D eigenvalue weighted by atomic mass is 10.2. The number of rotatable bonds is 7. The van der Waals surface area contributed by atoms with E-state index in [1.165, 1.54) is 5.56 Å². The third kappa shape index (κ3) is 5.37. The van der Waals surface area contributed by atoms with Crippen molar-refractivity contribution < 1.29 is 4.74 Å². The molecule has 0 saturated carbocycles. The Morgan fingerprint density at radius 2 is 2.19 bits per heavy atom. The summed E-state index contributed by atoms with van der Waals surface area (Å²) in [6, 6.07) is 8.06. The van der Waals surface area contributed by atoms with E-state index in [4.69, 9.17) is 4.74 Å². The monoisotopic (exact) mass is 217 g/mol.